The molecule has 94 valence electrons. The number of hydrogen-bond donors (Lipinski definition) is 1. The molecular formula is C14H22N2O. The first-order valence-corrected chi connectivity index (χ1v) is 6.14. The number of nitrogens with zero attached hydrogens (tertiary/aromatic N) is 1. The second-order valence-corrected chi connectivity index (χ2v) is 5.28. The Morgan fingerprint density at radius 1 is 1.41 bits per heavy atom. The fourth-order valence-corrected chi connectivity index (χ4v) is 1.81. The third kappa shape index (κ3) is 5.59. The van der Waals surface area contributed by atoms with E-state index in [1.165, 1.54) is 0 Å². The minimum absolute atomic E-state index is 0.166. The second-order valence-electron chi connectivity index (χ2n) is 5.28. The highest BCUT2D eigenvalue weighted by atomic mass is 16.1. The molecule has 0 fully saturated rings. The van der Waals surface area contributed by atoms with Crippen molar-refractivity contribution in [2.75, 3.05) is 6.54 Å². The van der Waals surface area contributed by atoms with Crippen molar-refractivity contribution in [3.8, 4) is 0 Å². The zero-order chi connectivity index (χ0) is 12.7. The molecule has 1 aromatic rings. The summed E-state index contributed by atoms with van der Waals surface area (Å²) in [6.45, 7) is 5.01. The van der Waals surface area contributed by atoms with Gasteiger partial charge in [-0.05, 0) is 36.4 Å². The molecule has 1 heterocycles. The molecule has 3 heteroatoms. The molecule has 0 unspecified atom stereocenters. The van der Waals surface area contributed by atoms with Crippen LogP contribution < -0.4 is 5.73 Å². The van der Waals surface area contributed by atoms with Gasteiger partial charge in [0, 0.05) is 25.2 Å². The smallest absolute Gasteiger partial charge is 0.137 e. The van der Waals surface area contributed by atoms with E-state index in [-0.39, 0.29) is 11.2 Å². The Hall–Kier alpha value is -1.22. The molecule has 0 aromatic carbocycles. The van der Waals surface area contributed by atoms with E-state index in [0.717, 1.165) is 18.4 Å². The van der Waals surface area contributed by atoms with Gasteiger partial charge < -0.3 is 5.73 Å². The number of nitrogens with two attached hydrogens (primary N) is 1. The van der Waals surface area contributed by atoms with E-state index in [1.54, 1.807) is 12.4 Å². The molecule has 0 saturated heterocycles. The Morgan fingerprint density at radius 2 is 2.18 bits per heavy atom. The van der Waals surface area contributed by atoms with Crippen molar-refractivity contribution in [3.05, 3.63) is 30.1 Å². The molecule has 0 aliphatic heterocycles. The molecule has 2 N–H and O–H groups in total. The van der Waals surface area contributed by atoms with Gasteiger partial charge >= 0.3 is 0 Å². The SMILES string of the molecule is CC(C)(CCN)CCC(=O)Cc1cccnc1. The highest BCUT2D eigenvalue weighted by molar-refractivity contribution is 5.80. The molecule has 0 aliphatic rings. The highest BCUT2D eigenvalue weighted by Gasteiger charge is 2.18. The molecule has 0 amide bonds. The molecule has 0 saturated carbocycles. The molecule has 0 radical (unpaired) electrons. The molecule has 0 aliphatic carbocycles. The first kappa shape index (κ1) is 13.8. The summed E-state index contributed by atoms with van der Waals surface area (Å²) in [4.78, 5) is 15.8. The van der Waals surface area contributed by atoms with Gasteiger partial charge in [-0.15, -0.1) is 0 Å². The van der Waals surface area contributed by atoms with Gasteiger partial charge in [0.15, 0.2) is 0 Å². The number of pyridine rings is 1. The lowest BCUT2D eigenvalue weighted by Gasteiger charge is -2.23. The van der Waals surface area contributed by atoms with E-state index >= 15 is 0 Å². The summed E-state index contributed by atoms with van der Waals surface area (Å²) in [6, 6.07) is 3.80. The molecule has 0 bridgehead atoms. The van der Waals surface area contributed by atoms with Gasteiger partial charge in [0.25, 0.3) is 0 Å². The van der Waals surface area contributed by atoms with Crippen molar-refractivity contribution in [1.29, 1.82) is 0 Å². The monoisotopic (exact) mass is 234 g/mol. The van der Waals surface area contributed by atoms with Crippen molar-refractivity contribution in [3.63, 3.8) is 0 Å². The molecule has 0 spiro atoms. The normalized spacial score (nSPS) is 11.5. The number of aromatic nitrogens is 1. The third-order valence-electron chi connectivity index (χ3n) is 3.03. The Bertz CT molecular complexity index is 346. The molecule has 17 heavy (non-hydrogen) atoms. The summed E-state index contributed by atoms with van der Waals surface area (Å²) < 4.78 is 0. The Morgan fingerprint density at radius 3 is 2.76 bits per heavy atom. The van der Waals surface area contributed by atoms with Crippen molar-refractivity contribution in [1.82, 2.24) is 4.98 Å². The molecule has 0 atom stereocenters. The first-order valence-electron chi connectivity index (χ1n) is 6.14. The van der Waals surface area contributed by atoms with Crippen LogP contribution in [0.1, 0.15) is 38.7 Å². The first-order chi connectivity index (χ1) is 8.03. The average Bonchev–Trinajstić information content (AvgIpc) is 2.28. The van der Waals surface area contributed by atoms with Crippen LogP contribution in [0.2, 0.25) is 0 Å². The van der Waals surface area contributed by atoms with Crippen molar-refractivity contribution < 1.29 is 4.79 Å². The predicted octanol–water partition coefficient (Wildman–Crippen LogP) is 2.35. The van der Waals surface area contributed by atoms with E-state index in [2.05, 4.69) is 18.8 Å². The van der Waals surface area contributed by atoms with Crippen LogP contribution in [0.4, 0.5) is 0 Å². The molecular weight excluding hydrogens is 212 g/mol. The van der Waals surface area contributed by atoms with E-state index in [0.29, 0.717) is 19.4 Å². The maximum absolute atomic E-state index is 11.8. The summed E-state index contributed by atoms with van der Waals surface area (Å²) in [5.41, 5.74) is 6.71. The van der Waals surface area contributed by atoms with Crippen LogP contribution in [0.5, 0.6) is 0 Å². The number of carbonyl (C=O) groups is 1. The summed E-state index contributed by atoms with van der Waals surface area (Å²) in [5, 5.41) is 0. The third-order valence-corrected chi connectivity index (χ3v) is 3.03. The van der Waals surface area contributed by atoms with Gasteiger partial charge in [0.05, 0.1) is 0 Å². The van der Waals surface area contributed by atoms with E-state index < -0.39 is 0 Å². The minimum Gasteiger partial charge on any atom is -0.330 e. The zero-order valence-electron chi connectivity index (χ0n) is 10.8. The molecule has 1 aromatic heterocycles. The number of rotatable bonds is 7. The zero-order valence-corrected chi connectivity index (χ0v) is 10.8. The van der Waals surface area contributed by atoms with Crippen LogP contribution in [-0.2, 0) is 11.2 Å². The standard InChI is InChI=1S/C14H22N2O/c1-14(2,7-8-15)6-5-13(17)10-12-4-3-9-16-11-12/h3-4,9,11H,5-8,10,15H2,1-2H3. The lowest BCUT2D eigenvalue weighted by molar-refractivity contribution is -0.119. The Balaban J connectivity index is 2.36. The number of hydrogen-bond acceptors (Lipinski definition) is 3. The van der Waals surface area contributed by atoms with Gasteiger partial charge in [-0.1, -0.05) is 19.9 Å². The van der Waals surface area contributed by atoms with E-state index in [1.807, 2.05) is 12.1 Å². The van der Waals surface area contributed by atoms with Crippen LogP contribution in [0.15, 0.2) is 24.5 Å². The summed E-state index contributed by atoms with van der Waals surface area (Å²) in [5.74, 6) is 0.281. The van der Waals surface area contributed by atoms with Gasteiger partial charge in [0.1, 0.15) is 5.78 Å². The number of ketones is 1. The summed E-state index contributed by atoms with van der Waals surface area (Å²) in [7, 11) is 0. The van der Waals surface area contributed by atoms with Gasteiger partial charge in [-0.2, -0.15) is 0 Å². The largest absolute Gasteiger partial charge is 0.330 e. The maximum atomic E-state index is 11.8. The van der Waals surface area contributed by atoms with Gasteiger partial charge in [-0.3, -0.25) is 9.78 Å². The van der Waals surface area contributed by atoms with E-state index in [9.17, 15) is 4.79 Å². The molecule has 1 rings (SSSR count). The highest BCUT2D eigenvalue weighted by Crippen LogP contribution is 2.26. The second kappa shape index (κ2) is 6.50. The fraction of sp³-hybridized carbons (Fsp3) is 0.571. The van der Waals surface area contributed by atoms with Crippen LogP contribution >= 0.6 is 0 Å². The lowest BCUT2D eigenvalue weighted by atomic mass is 9.83. The summed E-state index contributed by atoms with van der Waals surface area (Å²) >= 11 is 0. The van der Waals surface area contributed by atoms with Crippen LogP contribution in [-0.4, -0.2) is 17.3 Å². The van der Waals surface area contributed by atoms with Crippen LogP contribution in [0.25, 0.3) is 0 Å². The van der Waals surface area contributed by atoms with Gasteiger partial charge in [-0.25, -0.2) is 0 Å². The van der Waals surface area contributed by atoms with Crippen LogP contribution in [0.3, 0.4) is 0 Å². The Kier molecular flexibility index (Phi) is 5.29. The minimum atomic E-state index is 0.166. The Labute approximate surface area is 103 Å². The fourth-order valence-electron chi connectivity index (χ4n) is 1.81. The van der Waals surface area contributed by atoms with Crippen molar-refractivity contribution in [2.24, 2.45) is 11.1 Å². The van der Waals surface area contributed by atoms with Gasteiger partial charge in [0.2, 0.25) is 0 Å². The predicted molar refractivity (Wildman–Crippen MR) is 69.6 cm³/mol. The molecule has 3 nitrogen and oxygen atoms in total. The van der Waals surface area contributed by atoms with Crippen LogP contribution in [0, 0.1) is 5.41 Å². The maximum Gasteiger partial charge on any atom is 0.137 e. The van der Waals surface area contributed by atoms with E-state index in [4.69, 9.17) is 5.73 Å². The number of Topliss-reactive ketones (excluding diaryl/α,β-unsaturated/α-hetero) is 1. The lowest BCUT2D eigenvalue weighted by Crippen LogP contribution is -2.18. The topological polar surface area (TPSA) is 56.0 Å². The van der Waals surface area contributed by atoms with Crippen molar-refractivity contribution in [2.45, 2.75) is 39.5 Å². The van der Waals surface area contributed by atoms with Crippen molar-refractivity contribution >= 4 is 5.78 Å². The number of carbonyl (C=O) groups excluding carboxylic acids is 1. The quantitative estimate of drug-likeness (QED) is 0.788. The average molecular weight is 234 g/mol. The summed E-state index contributed by atoms with van der Waals surface area (Å²) in [6.07, 6.45) is 6.46.